The largest absolute Gasteiger partial charge is 0.497 e. The van der Waals surface area contributed by atoms with Gasteiger partial charge in [0.2, 0.25) is 0 Å². The lowest BCUT2D eigenvalue weighted by molar-refractivity contribution is -0.139. The molecular formula is C27H34N2O5S. The molecule has 8 heteroatoms. The second-order valence-electron chi connectivity index (χ2n) is 9.24. The van der Waals surface area contributed by atoms with E-state index in [-0.39, 0.29) is 12.3 Å². The van der Waals surface area contributed by atoms with Crippen molar-refractivity contribution in [2.75, 3.05) is 32.5 Å². The van der Waals surface area contributed by atoms with Crippen LogP contribution < -0.4 is 4.74 Å². The van der Waals surface area contributed by atoms with Crippen LogP contribution in [0.15, 0.2) is 58.4 Å². The van der Waals surface area contributed by atoms with Crippen LogP contribution in [0.25, 0.3) is 10.9 Å². The molecule has 188 valence electrons. The van der Waals surface area contributed by atoms with E-state index in [0.717, 1.165) is 71.8 Å². The molecule has 0 aliphatic carbocycles. The Bertz CT molecular complexity index is 1090. The molecule has 7 nitrogen and oxygen atoms in total. The Hall–Kier alpha value is -2.55. The molecule has 0 radical (unpaired) electrons. The number of aliphatic carboxylic acids is 1. The van der Waals surface area contributed by atoms with E-state index in [2.05, 4.69) is 9.88 Å². The molecule has 0 amide bonds. The van der Waals surface area contributed by atoms with Crippen molar-refractivity contribution in [3.63, 3.8) is 0 Å². The maximum absolute atomic E-state index is 11.6. The highest BCUT2D eigenvalue weighted by Gasteiger charge is 2.31. The number of carboxylic acid groups (broad SMARTS) is 1. The van der Waals surface area contributed by atoms with Crippen molar-refractivity contribution in [2.45, 2.75) is 43.1 Å². The van der Waals surface area contributed by atoms with Crippen molar-refractivity contribution in [1.82, 2.24) is 9.88 Å². The van der Waals surface area contributed by atoms with Gasteiger partial charge in [-0.25, -0.2) is 0 Å². The molecule has 2 N–H and O–H groups in total. The molecule has 1 aliphatic rings. The van der Waals surface area contributed by atoms with E-state index in [1.54, 1.807) is 37.6 Å². The molecule has 0 unspecified atom stereocenters. The second-order valence-corrected chi connectivity index (χ2v) is 10.4. The Morgan fingerprint density at radius 3 is 2.97 bits per heavy atom. The van der Waals surface area contributed by atoms with E-state index >= 15 is 0 Å². The molecule has 0 bridgehead atoms. The van der Waals surface area contributed by atoms with Crippen LogP contribution in [0, 0.1) is 11.8 Å². The maximum Gasteiger partial charge on any atom is 0.303 e. The lowest BCUT2D eigenvalue weighted by Gasteiger charge is -2.38. The molecule has 3 atom stereocenters. The topological polar surface area (TPSA) is 96.0 Å². The molecule has 3 heterocycles. The maximum atomic E-state index is 11.6. The number of piperidine rings is 1. The summed E-state index contributed by atoms with van der Waals surface area (Å²) in [6.07, 6.45) is 8.14. The minimum absolute atomic E-state index is 0.101. The van der Waals surface area contributed by atoms with Crippen LogP contribution in [-0.2, 0) is 4.79 Å². The van der Waals surface area contributed by atoms with Gasteiger partial charge in [-0.3, -0.25) is 9.78 Å². The highest BCUT2D eigenvalue weighted by Crippen LogP contribution is 2.35. The Labute approximate surface area is 210 Å². The molecular weight excluding hydrogens is 464 g/mol. The number of carbonyl (C=O) groups is 1. The number of aliphatic hydroxyl groups is 1. The summed E-state index contributed by atoms with van der Waals surface area (Å²) in [5.41, 5.74) is 1.67. The zero-order chi connectivity index (χ0) is 24.6. The second kappa shape index (κ2) is 12.4. The summed E-state index contributed by atoms with van der Waals surface area (Å²) >= 11 is 1.79. The highest BCUT2D eigenvalue weighted by atomic mass is 32.2. The molecule has 1 saturated heterocycles. The lowest BCUT2D eigenvalue weighted by atomic mass is 9.79. The van der Waals surface area contributed by atoms with Gasteiger partial charge in [0.05, 0.1) is 25.0 Å². The number of furan rings is 1. The number of nitrogens with zero attached hydrogens (tertiary/aromatic N) is 2. The summed E-state index contributed by atoms with van der Waals surface area (Å²) < 4.78 is 10.5. The van der Waals surface area contributed by atoms with E-state index in [1.165, 1.54) is 0 Å². The van der Waals surface area contributed by atoms with Crippen LogP contribution in [-0.4, -0.2) is 58.6 Å². The van der Waals surface area contributed by atoms with E-state index in [9.17, 15) is 15.0 Å². The fourth-order valence-corrected chi connectivity index (χ4v) is 5.88. The molecule has 1 aliphatic heterocycles. The van der Waals surface area contributed by atoms with Gasteiger partial charge >= 0.3 is 5.97 Å². The van der Waals surface area contributed by atoms with E-state index in [1.807, 2.05) is 30.3 Å². The number of fused-ring (bicyclic) bond motifs is 1. The number of aliphatic hydroxyl groups excluding tert-OH is 1. The number of ether oxygens (including phenoxy) is 1. The normalized spacial score (nSPS) is 19.6. The van der Waals surface area contributed by atoms with E-state index < -0.39 is 12.1 Å². The number of carboxylic acids is 1. The standard InChI is InChI=1S/C27H34N2O5S/c1-33-21-4-5-25-24(16-21)23(7-10-28-25)26(30)6-3-19-8-12-29(17-20(19)15-27(31)32)11-2-14-35-22-9-13-34-18-22/h4-5,7,9-10,13,16,18-20,26,30H,2-3,6,8,11-12,14-15,17H2,1H3,(H,31,32)/t19-,20+,26+/m1/s1. The third-order valence-corrected chi connectivity index (χ3v) is 8.01. The minimum Gasteiger partial charge on any atom is -0.497 e. The first-order valence-electron chi connectivity index (χ1n) is 12.2. The quantitative estimate of drug-likeness (QED) is 0.258. The zero-order valence-corrected chi connectivity index (χ0v) is 21.0. The van der Waals surface area contributed by atoms with Crippen molar-refractivity contribution >= 4 is 28.6 Å². The molecule has 0 spiro atoms. The minimum atomic E-state index is -0.745. The first-order chi connectivity index (χ1) is 17.0. The van der Waals surface area contributed by atoms with Gasteiger partial charge in [-0.05, 0) is 92.3 Å². The van der Waals surface area contributed by atoms with Crippen LogP contribution in [0.1, 0.15) is 43.8 Å². The van der Waals surface area contributed by atoms with Crippen molar-refractivity contribution in [3.8, 4) is 5.75 Å². The first kappa shape index (κ1) is 25.5. The number of methoxy groups -OCH3 is 1. The number of hydrogen-bond acceptors (Lipinski definition) is 7. The lowest BCUT2D eigenvalue weighted by Crippen LogP contribution is -2.42. The first-order valence-corrected chi connectivity index (χ1v) is 13.2. The molecule has 0 saturated carbocycles. The van der Waals surface area contributed by atoms with Crippen LogP contribution in [0.3, 0.4) is 0 Å². The van der Waals surface area contributed by atoms with Crippen molar-refractivity contribution in [2.24, 2.45) is 11.8 Å². The average Bonchev–Trinajstić information content (AvgIpc) is 3.38. The van der Waals surface area contributed by atoms with Crippen LogP contribution >= 0.6 is 11.8 Å². The summed E-state index contributed by atoms with van der Waals surface area (Å²) in [4.78, 5) is 19.5. The zero-order valence-electron chi connectivity index (χ0n) is 20.1. The summed E-state index contributed by atoms with van der Waals surface area (Å²) in [5, 5.41) is 21.5. The van der Waals surface area contributed by atoms with Gasteiger partial charge in [0.1, 0.15) is 12.0 Å². The summed E-state index contributed by atoms with van der Waals surface area (Å²) in [6, 6.07) is 9.52. The Kier molecular flexibility index (Phi) is 9.06. The fourth-order valence-electron chi connectivity index (χ4n) is 5.10. The van der Waals surface area contributed by atoms with Gasteiger partial charge in [-0.1, -0.05) is 0 Å². The Morgan fingerprint density at radius 2 is 2.20 bits per heavy atom. The van der Waals surface area contributed by atoms with Gasteiger partial charge < -0.3 is 24.3 Å². The van der Waals surface area contributed by atoms with Gasteiger partial charge in [-0.15, -0.1) is 11.8 Å². The number of hydrogen-bond donors (Lipinski definition) is 2. The third kappa shape index (κ3) is 6.99. The van der Waals surface area contributed by atoms with E-state index in [0.29, 0.717) is 12.3 Å². The van der Waals surface area contributed by atoms with Crippen molar-refractivity contribution in [1.29, 1.82) is 0 Å². The fraction of sp³-hybridized carbons (Fsp3) is 0.481. The summed E-state index contributed by atoms with van der Waals surface area (Å²) in [5.74, 6) is 1.39. The van der Waals surface area contributed by atoms with Crippen molar-refractivity contribution < 1.29 is 24.2 Å². The summed E-state index contributed by atoms with van der Waals surface area (Å²) in [6.45, 7) is 2.75. The number of rotatable bonds is 12. The molecule has 1 aromatic carbocycles. The SMILES string of the molecule is COc1ccc2nccc([C@@H](O)CC[C@@H]3CCN(CCCSc4ccoc4)C[C@@H]3CC(=O)O)c2c1. The van der Waals surface area contributed by atoms with E-state index in [4.69, 9.17) is 9.15 Å². The monoisotopic (exact) mass is 498 g/mol. The number of aromatic nitrogens is 1. The molecule has 2 aromatic heterocycles. The van der Waals surface area contributed by atoms with Crippen molar-refractivity contribution in [3.05, 3.63) is 54.6 Å². The third-order valence-electron chi connectivity index (χ3n) is 6.95. The Morgan fingerprint density at radius 1 is 1.31 bits per heavy atom. The van der Waals surface area contributed by atoms with Crippen LogP contribution in [0.2, 0.25) is 0 Å². The summed E-state index contributed by atoms with van der Waals surface area (Å²) in [7, 11) is 1.63. The molecule has 1 fully saturated rings. The average molecular weight is 499 g/mol. The number of pyridine rings is 1. The van der Waals surface area contributed by atoms with Gasteiger partial charge in [0.15, 0.2) is 0 Å². The molecule has 35 heavy (non-hydrogen) atoms. The Balaban J connectivity index is 1.32. The van der Waals surface area contributed by atoms with Gasteiger partial charge in [0, 0.05) is 29.4 Å². The van der Waals surface area contributed by atoms with Gasteiger partial charge in [0.25, 0.3) is 0 Å². The van der Waals surface area contributed by atoms with Gasteiger partial charge in [-0.2, -0.15) is 0 Å². The smallest absolute Gasteiger partial charge is 0.303 e. The predicted octanol–water partition coefficient (Wildman–Crippen LogP) is 5.25. The highest BCUT2D eigenvalue weighted by molar-refractivity contribution is 7.99. The van der Waals surface area contributed by atoms with Crippen LogP contribution in [0.5, 0.6) is 5.75 Å². The van der Waals surface area contributed by atoms with Crippen LogP contribution in [0.4, 0.5) is 0 Å². The molecule has 3 aromatic rings. The predicted molar refractivity (Wildman–Crippen MR) is 137 cm³/mol. The number of likely N-dealkylation sites (tertiary alicyclic amines) is 1. The number of benzene rings is 1. The molecule has 4 rings (SSSR count). The number of thioether (sulfide) groups is 1.